The Hall–Kier alpha value is -3.89. The molecule has 0 saturated carbocycles. The number of nitrogens with one attached hydrogen (secondary N) is 2. The molecule has 2 aliphatic heterocycles. The van der Waals surface area contributed by atoms with Crippen molar-refractivity contribution in [2.24, 2.45) is 0 Å². The zero-order chi connectivity index (χ0) is 27.2. The molecule has 0 radical (unpaired) electrons. The van der Waals surface area contributed by atoms with Crippen molar-refractivity contribution in [1.82, 2.24) is 15.2 Å². The Labute approximate surface area is 226 Å². The van der Waals surface area contributed by atoms with Crippen LogP contribution in [0.15, 0.2) is 60.8 Å². The standard InChI is InChI=1S/C29H33N3O7/c1-36-27(34)24(16-21-17-30-23-11-6-5-10-22(21)23)31-26(33)25-12-13-29(38-14-7-15-39-29)19-32(25)28(35)37-18-20-8-3-2-4-9-20/h2-6,8-11,17,24-25,30H,7,12-16,18-19H2,1H3,(H,31,33). The van der Waals surface area contributed by atoms with Crippen LogP contribution in [-0.2, 0) is 41.6 Å². The van der Waals surface area contributed by atoms with Crippen molar-refractivity contribution in [3.05, 3.63) is 71.9 Å². The highest BCUT2D eigenvalue weighted by atomic mass is 16.7. The highest BCUT2D eigenvalue weighted by Crippen LogP contribution is 2.33. The molecule has 2 atom stereocenters. The van der Waals surface area contributed by atoms with Gasteiger partial charge in [0.1, 0.15) is 18.7 Å². The van der Waals surface area contributed by atoms with Gasteiger partial charge in [-0.05, 0) is 30.0 Å². The van der Waals surface area contributed by atoms with Crippen LogP contribution in [0.4, 0.5) is 4.79 Å². The van der Waals surface area contributed by atoms with E-state index in [0.717, 1.165) is 28.5 Å². The Morgan fingerprint density at radius 1 is 1.10 bits per heavy atom. The van der Waals surface area contributed by atoms with Crippen LogP contribution in [0.1, 0.15) is 30.4 Å². The van der Waals surface area contributed by atoms with Gasteiger partial charge in [0, 0.05) is 29.9 Å². The van der Waals surface area contributed by atoms with Gasteiger partial charge < -0.3 is 29.2 Å². The molecule has 2 fully saturated rings. The number of benzene rings is 2. The monoisotopic (exact) mass is 535 g/mol. The largest absolute Gasteiger partial charge is 0.467 e. The summed E-state index contributed by atoms with van der Waals surface area (Å²) in [5, 5.41) is 3.79. The molecule has 39 heavy (non-hydrogen) atoms. The summed E-state index contributed by atoms with van der Waals surface area (Å²) in [4.78, 5) is 44.2. The molecule has 0 aliphatic carbocycles. The molecule has 2 unspecified atom stereocenters. The third-order valence-corrected chi connectivity index (χ3v) is 7.25. The minimum absolute atomic E-state index is 0.0457. The van der Waals surface area contributed by atoms with Crippen molar-refractivity contribution in [3.8, 4) is 0 Å². The molecule has 5 rings (SSSR count). The fourth-order valence-electron chi connectivity index (χ4n) is 5.20. The van der Waals surface area contributed by atoms with Crippen molar-refractivity contribution < 1.29 is 33.3 Å². The van der Waals surface area contributed by atoms with Gasteiger partial charge in [-0.3, -0.25) is 9.69 Å². The third-order valence-electron chi connectivity index (χ3n) is 7.25. The van der Waals surface area contributed by atoms with Crippen LogP contribution >= 0.6 is 0 Å². The second kappa shape index (κ2) is 11.9. The number of amides is 2. The van der Waals surface area contributed by atoms with Crippen LogP contribution in [0.3, 0.4) is 0 Å². The van der Waals surface area contributed by atoms with E-state index in [1.165, 1.54) is 12.0 Å². The summed E-state index contributed by atoms with van der Waals surface area (Å²) in [6.07, 6.45) is 2.87. The van der Waals surface area contributed by atoms with Crippen molar-refractivity contribution in [2.75, 3.05) is 26.9 Å². The third kappa shape index (κ3) is 6.07. The molecule has 1 aromatic heterocycles. The number of nitrogens with zero attached hydrogens (tertiary/aromatic N) is 1. The zero-order valence-corrected chi connectivity index (χ0v) is 21.9. The molecule has 10 nitrogen and oxygen atoms in total. The number of esters is 1. The minimum Gasteiger partial charge on any atom is -0.467 e. The number of carbonyl (C=O) groups excluding carboxylic acids is 3. The normalized spacial score (nSPS) is 19.4. The summed E-state index contributed by atoms with van der Waals surface area (Å²) in [5.41, 5.74) is 2.63. The van der Waals surface area contributed by atoms with E-state index in [9.17, 15) is 14.4 Å². The Bertz CT molecular complexity index is 1300. The van der Waals surface area contributed by atoms with E-state index in [1.54, 1.807) is 0 Å². The van der Waals surface area contributed by atoms with Crippen LogP contribution in [-0.4, -0.2) is 72.6 Å². The number of carbonyl (C=O) groups is 3. The highest BCUT2D eigenvalue weighted by molar-refractivity contribution is 5.91. The Balaban J connectivity index is 1.33. The first-order chi connectivity index (χ1) is 19.0. The molecular weight excluding hydrogens is 502 g/mol. The van der Waals surface area contributed by atoms with E-state index in [1.807, 2.05) is 60.8 Å². The van der Waals surface area contributed by atoms with Crippen LogP contribution < -0.4 is 5.32 Å². The summed E-state index contributed by atoms with van der Waals surface area (Å²) >= 11 is 0. The zero-order valence-electron chi connectivity index (χ0n) is 21.9. The number of aromatic amines is 1. The molecule has 1 spiro atoms. The van der Waals surface area contributed by atoms with E-state index >= 15 is 0 Å². The van der Waals surface area contributed by atoms with E-state index in [-0.39, 0.29) is 26.0 Å². The minimum atomic E-state index is -0.980. The van der Waals surface area contributed by atoms with Gasteiger partial charge in [-0.15, -0.1) is 0 Å². The van der Waals surface area contributed by atoms with Crippen LogP contribution in [0, 0.1) is 0 Å². The number of rotatable bonds is 7. The molecule has 206 valence electrons. The lowest BCUT2D eigenvalue weighted by atomic mass is 9.95. The first-order valence-corrected chi connectivity index (χ1v) is 13.2. The molecule has 2 aromatic carbocycles. The molecule has 0 bridgehead atoms. The topological polar surface area (TPSA) is 119 Å². The number of piperidine rings is 1. The molecule has 3 aromatic rings. The quantitative estimate of drug-likeness (QED) is 0.446. The Kier molecular flexibility index (Phi) is 8.13. The number of hydrogen-bond donors (Lipinski definition) is 2. The van der Waals surface area contributed by atoms with Crippen molar-refractivity contribution in [2.45, 2.75) is 50.2 Å². The lowest BCUT2D eigenvalue weighted by molar-refractivity contribution is -0.286. The number of methoxy groups -OCH3 is 1. The maximum atomic E-state index is 13.6. The SMILES string of the molecule is COC(=O)C(Cc1c[nH]c2ccccc12)NC(=O)C1CCC2(CN1C(=O)OCc1ccccc1)OCCCO2. The van der Waals surface area contributed by atoms with Crippen molar-refractivity contribution in [3.63, 3.8) is 0 Å². The highest BCUT2D eigenvalue weighted by Gasteiger charge is 2.48. The van der Waals surface area contributed by atoms with Gasteiger partial charge in [-0.1, -0.05) is 48.5 Å². The van der Waals surface area contributed by atoms with Crippen LogP contribution in [0.25, 0.3) is 10.9 Å². The van der Waals surface area contributed by atoms with E-state index in [4.69, 9.17) is 18.9 Å². The van der Waals surface area contributed by atoms with E-state index < -0.39 is 35.8 Å². The van der Waals surface area contributed by atoms with Crippen LogP contribution in [0.5, 0.6) is 0 Å². The fourth-order valence-corrected chi connectivity index (χ4v) is 5.20. The van der Waals surface area contributed by atoms with Gasteiger partial charge in [0.2, 0.25) is 5.91 Å². The predicted octanol–water partition coefficient (Wildman–Crippen LogP) is 3.30. The van der Waals surface area contributed by atoms with Gasteiger partial charge in [0.15, 0.2) is 5.79 Å². The second-order valence-electron chi connectivity index (χ2n) is 9.83. The maximum Gasteiger partial charge on any atom is 0.410 e. The van der Waals surface area contributed by atoms with E-state index in [2.05, 4.69) is 10.3 Å². The fraction of sp³-hybridized carbons (Fsp3) is 0.414. The van der Waals surface area contributed by atoms with Crippen molar-refractivity contribution >= 4 is 28.9 Å². The second-order valence-corrected chi connectivity index (χ2v) is 9.83. The van der Waals surface area contributed by atoms with Gasteiger partial charge in [-0.25, -0.2) is 9.59 Å². The Morgan fingerprint density at radius 2 is 1.85 bits per heavy atom. The van der Waals surface area contributed by atoms with Gasteiger partial charge >= 0.3 is 12.1 Å². The number of ether oxygens (including phenoxy) is 4. The number of aromatic nitrogens is 1. The summed E-state index contributed by atoms with van der Waals surface area (Å²) in [5.74, 6) is -2.02. The lowest BCUT2D eigenvalue weighted by Gasteiger charge is -2.46. The molecule has 2 amide bonds. The first kappa shape index (κ1) is 26.7. The smallest absolute Gasteiger partial charge is 0.410 e. The number of H-pyrrole nitrogens is 1. The summed E-state index contributed by atoms with van der Waals surface area (Å²) in [6, 6.07) is 15.2. The summed E-state index contributed by atoms with van der Waals surface area (Å²) in [7, 11) is 1.28. The van der Waals surface area contributed by atoms with Gasteiger partial charge in [0.05, 0.1) is 26.9 Å². The summed E-state index contributed by atoms with van der Waals surface area (Å²) < 4.78 is 22.5. The summed E-state index contributed by atoms with van der Waals surface area (Å²) in [6.45, 7) is 1.13. The number of likely N-dealkylation sites (tertiary alicyclic amines) is 1. The molecule has 2 saturated heterocycles. The van der Waals surface area contributed by atoms with Gasteiger partial charge in [0.25, 0.3) is 0 Å². The molecule has 2 N–H and O–H groups in total. The molecule has 3 heterocycles. The first-order valence-electron chi connectivity index (χ1n) is 13.2. The van der Waals surface area contributed by atoms with E-state index in [0.29, 0.717) is 19.6 Å². The molecule has 10 heteroatoms. The lowest BCUT2D eigenvalue weighted by Crippen LogP contribution is -2.63. The predicted molar refractivity (Wildman–Crippen MR) is 142 cm³/mol. The number of fused-ring (bicyclic) bond motifs is 1. The number of hydrogen-bond acceptors (Lipinski definition) is 7. The van der Waals surface area contributed by atoms with Gasteiger partial charge in [-0.2, -0.15) is 0 Å². The molecule has 2 aliphatic rings. The average Bonchev–Trinajstić information content (AvgIpc) is 3.38. The Morgan fingerprint density at radius 3 is 2.62 bits per heavy atom. The molecular formula is C29H33N3O7. The maximum absolute atomic E-state index is 13.6. The van der Waals surface area contributed by atoms with Crippen LogP contribution in [0.2, 0.25) is 0 Å². The number of para-hydroxylation sites is 1. The average molecular weight is 536 g/mol. The van der Waals surface area contributed by atoms with Crippen molar-refractivity contribution in [1.29, 1.82) is 0 Å².